The van der Waals surface area contributed by atoms with Crippen LogP contribution in [0.4, 0.5) is 11.4 Å². The lowest BCUT2D eigenvalue weighted by atomic mass is 10.1. The molecule has 2 aromatic carbocycles. The molecule has 3 heterocycles. The minimum absolute atomic E-state index is 0.362. The lowest BCUT2D eigenvalue weighted by molar-refractivity contribution is 0.620. The number of oxazole rings is 1. The van der Waals surface area contributed by atoms with Gasteiger partial charge in [-0.15, -0.1) is 16.9 Å². The molecule has 0 unspecified atom stereocenters. The van der Waals surface area contributed by atoms with Gasteiger partial charge in [-0.25, -0.2) is 4.98 Å². The van der Waals surface area contributed by atoms with Gasteiger partial charge in [0.25, 0.3) is 0 Å². The molecule has 0 saturated carbocycles. The highest BCUT2D eigenvalue weighted by molar-refractivity contribution is 7.17. The second kappa shape index (κ2) is 4.96. The van der Waals surface area contributed by atoms with Crippen LogP contribution in [-0.4, -0.2) is 11.0 Å². The SMILES string of the molecule is CC(C)N1NNc2cc(-c3nc4c(ccc5sccc54)o3)ccc21. The van der Waals surface area contributed by atoms with Crippen LogP contribution >= 0.6 is 11.3 Å². The number of hydrogen-bond donors (Lipinski definition) is 2. The van der Waals surface area contributed by atoms with Crippen LogP contribution in [0, 0.1) is 0 Å². The first-order valence-electron chi connectivity index (χ1n) is 7.93. The molecule has 0 bridgehead atoms. The molecule has 120 valence electrons. The van der Waals surface area contributed by atoms with Crippen molar-refractivity contribution in [2.24, 2.45) is 0 Å². The molecule has 5 rings (SSSR count). The zero-order valence-electron chi connectivity index (χ0n) is 13.3. The van der Waals surface area contributed by atoms with E-state index in [9.17, 15) is 0 Å². The molecule has 1 aliphatic heterocycles. The molecule has 0 saturated heterocycles. The normalized spacial score (nSPS) is 13.9. The van der Waals surface area contributed by atoms with E-state index in [1.807, 2.05) is 6.07 Å². The largest absolute Gasteiger partial charge is 0.436 e. The van der Waals surface area contributed by atoms with E-state index in [0.29, 0.717) is 11.9 Å². The van der Waals surface area contributed by atoms with E-state index in [-0.39, 0.29) is 0 Å². The van der Waals surface area contributed by atoms with Gasteiger partial charge in [0.05, 0.1) is 11.4 Å². The summed E-state index contributed by atoms with van der Waals surface area (Å²) in [5, 5.41) is 5.34. The predicted molar refractivity (Wildman–Crippen MR) is 99.2 cm³/mol. The van der Waals surface area contributed by atoms with Crippen molar-refractivity contribution < 1.29 is 4.42 Å². The number of fused-ring (bicyclic) bond motifs is 4. The van der Waals surface area contributed by atoms with Crippen LogP contribution in [0.1, 0.15) is 13.8 Å². The molecule has 2 N–H and O–H groups in total. The summed E-state index contributed by atoms with van der Waals surface area (Å²) in [4.78, 5) is 4.74. The van der Waals surface area contributed by atoms with E-state index in [1.54, 1.807) is 11.3 Å². The number of nitrogens with zero attached hydrogens (tertiary/aromatic N) is 2. The molecular weight excluding hydrogens is 320 g/mol. The van der Waals surface area contributed by atoms with E-state index < -0.39 is 0 Å². The number of hydrogen-bond acceptors (Lipinski definition) is 6. The molecule has 1 aliphatic rings. The van der Waals surface area contributed by atoms with Crippen molar-refractivity contribution in [1.29, 1.82) is 0 Å². The first kappa shape index (κ1) is 13.8. The van der Waals surface area contributed by atoms with Gasteiger partial charge in [0, 0.05) is 21.7 Å². The molecule has 2 aromatic heterocycles. The highest BCUT2D eigenvalue weighted by Crippen LogP contribution is 2.36. The molecule has 0 aliphatic carbocycles. The third-order valence-corrected chi connectivity index (χ3v) is 5.20. The summed E-state index contributed by atoms with van der Waals surface area (Å²) in [5.41, 5.74) is 11.3. The molecule has 6 heteroatoms. The fourth-order valence-corrected chi connectivity index (χ4v) is 3.91. The molecule has 0 radical (unpaired) electrons. The fourth-order valence-electron chi connectivity index (χ4n) is 3.13. The maximum absolute atomic E-state index is 6.00. The highest BCUT2D eigenvalue weighted by Gasteiger charge is 2.22. The van der Waals surface area contributed by atoms with Crippen molar-refractivity contribution in [3.05, 3.63) is 41.8 Å². The van der Waals surface area contributed by atoms with Gasteiger partial charge in [-0.3, -0.25) is 5.01 Å². The molecule has 24 heavy (non-hydrogen) atoms. The number of hydrazine groups is 2. The molecule has 0 spiro atoms. The van der Waals surface area contributed by atoms with E-state index in [2.05, 4.69) is 65.5 Å². The van der Waals surface area contributed by atoms with Crippen LogP contribution in [-0.2, 0) is 0 Å². The van der Waals surface area contributed by atoms with Gasteiger partial charge >= 0.3 is 0 Å². The van der Waals surface area contributed by atoms with Crippen LogP contribution in [0.2, 0.25) is 0 Å². The Bertz CT molecular complexity index is 1070. The van der Waals surface area contributed by atoms with Crippen molar-refractivity contribution in [2.45, 2.75) is 19.9 Å². The van der Waals surface area contributed by atoms with Gasteiger partial charge in [-0.1, -0.05) is 0 Å². The topological polar surface area (TPSA) is 53.3 Å². The minimum Gasteiger partial charge on any atom is -0.436 e. The lowest BCUT2D eigenvalue weighted by Crippen LogP contribution is -2.41. The number of nitrogens with one attached hydrogen (secondary N) is 2. The first-order valence-corrected chi connectivity index (χ1v) is 8.81. The van der Waals surface area contributed by atoms with Crippen molar-refractivity contribution in [2.75, 3.05) is 10.4 Å². The monoisotopic (exact) mass is 336 g/mol. The number of benzene rings is 2. The molecule has 0 fully saturated rings. The summed E-state index contributed by atoms with van der Waals surface area (Å²) in [6.45, 7) is 4.29. The van der Waals surface area contributed by atoms with Gasteiger partial charge in [0.15, 0.2) is 5.58 Å². The van der Waals surface area contributed by atoms with Crippen LogP contribution in [0.3, 0.4) is 0 Å². The first-order chi connectivity index (χ1) is 11.7. The second-order valence-electron chi connectivity index (χ2n) is 6.20. The second-order valence-corrected chi connectivity index (χ2v) is 7.14. The fraction of sp³-hybridized carbons (Fsp3) is 0.167. The lowest BCUT2D eigenvalue weighted by Gasteiger charge is -2.21. The summed E-state index contributed by atoms with van der Waals surface area (Å²) >= 11 is 1.72. The molecule has 0 amide bonds. The summed E-state index contributed by atoms with van der Waals surface area (Å²) in [6.07, 6.45) is 0. The zero-order chi connectivity index (χ0) is 16.3. The van der Waals surface area contributed by atoms with E-state index in [0.717, 1.165) is 33.4 Å². The molecule has 0 atom stereocenters. The number of aromatic nitrogens is 1. The minimum atomic E-state index is 0.362. The predicted octanol–water partition coefficient (Wildman–Crippen LogP) is 4.77. The third-order valence-electron chi connectivity index (χ3n) is 4.32. The summed E-state index contributed by atoms with van der Waals surface area (Å²) in [6, 6.07) is 12.8. The zero-order valence-corrected chi connectivity index (χ0v) is 14.1. The third kappa shape index (κ3) is 1.93. The Balaban J connectivity index is 1.63. The average molecular weight is 336 g/mol. The maximum Gasteiger partial charge on any atom is 0.227 e. The number of thiophene rings is 1. The van der Waals surface area contributed by atoms with E-state index in [1.165, 1.54) is 4.70 Å². The smallest absolute Gasteiger partial charge is 0.227 e. The molecular formula is C18H16N4OS. The highest BCUT2D eigenvalue weighted by atomic mass is 32.1. The molecule has 4 aromatic rings. The van der Waals surface area contributed by atoms with Crippen molar-refractivity contribution in [3.8, 4) is 11.5 Å². The maximum atomic E-state index is 6.00. The van der Waals surface area contributed by atoms with Gasteiger partial charge in [0.1, 0.15) is 5.52 Å². The Morgan fingerprint density at radius 3 is 2.96 bits per heavy atom. The Hall–Kier alpha value is -2.57. The van der Waals surface area contributed by atoms with Gasteiger partial charge < -0.3 is 9.84 Å². The summed E-state index contributed by atoms with van der Waals surface area (Å²) < 4.78 is 7.23. The van der Waals surface area contributed by atoms with Crippen LogP contribution in [0.25, 0.3) is 32.6 Å². The van der Waals surface area contributed by atoms with Gasteiger partial charge in [-0.05, 0) is 55.6 Å². The summed E-state index contributed by atoms with van der Waals surface area (Å²) in [7, 11) is 0. The van der Waals surface area contributed by atoms with Gasteiger partial charge in [0.2, 0.25) is 5.89 Å². The van der Waals surface area contributed by atoms with Crippen LogP contribution in [0.5, 0.6) is 0 Å². The average Bonchev–Trinajstić information content (AvgIpc) is 3.29. The van der Waals surface area contributed by atoms with Crippen LogP contribution in [0.15, 0.2) is 46.2 Å². The van der Waals surface area contributed by atoms with E-state index >= 15 is 0 Å². The van der Waals surface area contributed by atoms with Gasteiger partial charge in [-0.2, -0.15) is 0 Å². The van der Waals surface area contributed by atoms with Crippen molar-refractivity contribution in [3.63, 3.8) is 0 Å². The standard InChI is InChI=1S/C18H16N4OS/c1-10(2)22-14-4-3-11(9-13(14)20-21-22)18-19-17-12-7-8-24-16(12)6-5-15(17)23-18/h3-10,20-21H,1-2H3. The number of anilines is 2. The van der Waals surface area contributed by atoms with Crippen molar-refractivity contribution >= 4 is 43.9 Å². The Morgan fingerprint density at radius 2 is 2.08 bits per heavy atom. The van der Waals surface area contributed by atoms with E-state index in [4.69, 9.17) is 9.40 Å². The quantitative estimate of drug-likeness (QED) is 0.552. The Morgan fingerprint density at radius 1 is 1.17 bits per heavy atom. The van der Waals surface area contributed by atoms with Crippen LogP contribution < -0.4 is 16.0 Å². The number of rotatable bonds is 2. The van der Waals surface area contributed by atoms with Crippen molar-refractivity contribution in [1.82, 2.24) is 10.5 Å². The Kier molecular flexibility index (Phi) is 2.86. The molecule has 5 nitrogen and oxygen atoms in total. The summed E-state index contributed by atoms with van der Waals surface area (Å²) in [5.74, 6) is 0.649. The Labute approximate surface area is 142 Å².